The van der Waals surface area contributed by atoms with Crippen molar-refractivity contribution in [2.24, 2.45) is 0 Å². The van der Waals surface area contributed by atoms with Gasteiger partial charge in [0.25, 0.3) is 0 Å². The van der Waals surface area contributed by atoms with E-state index in [4.69, 9.17) is 0 Å². The topological polar surface area (TPSA) is 8.17 Å². The van der Waals surface area contributed by atoms with Crippen molar-refractivity contribution in [3.8, 4) is 27.9 Å². The highest BCUT2D eigenvalue weighted by atomic mass is 32.2. The number of aromatic nitrogens is 1. The Bertz CT molecular complexity index is 3220. The molecule has 1 aromatic heterocycles. The van der Waals surface area contributed by atoms with Gasteiger partial charge in [0.2, 0.25) is 0 Å². The van der Waals surface area contributed by atoms with E-state index < -0.39 is 0 Å². The fourth-order valence-electron chi connectivity index (χ4n) is 9.53. The zero-order chi connectivity index (χ0) is 41.2. The van der Waals surface area contributed by atoms with E-state index >= 15 is 0 Å². The Labute approximate surface area is 366 Å². The second-order valence-electron chi connectivity index (χ2n) is 16.2. The number of hydrogen-bond donors (Lipinski definition) is 0. The summed E-state index contributed by atoms with van der Waals surface area (Å²) in [7, 11) is 0. The Hall–Kier alpha value is -6.72. The van der Waals surface area contributed by atoms with Crippen LogP contribution >= 0.6 is 23.5 Å². The molecule has 2 heterocycles. The molecule has 61 heavy (non-hydrogen) atoms. The van der Waals surface area contributed by atoms with Gasteiger partial charge in [-0.1, -0.05) is 178 Å². The minimum atomic E-state index is -0.187. The fraction of sp³-hybridized carbons (Fsp3) is 0.0526. The molecule has 0 radical (unpaired) electrons. The molecule has 2 nitrogen and oxygen atoms in total. The SMILES string of the molecule is C=C/C=C(\C=C)c1ccc(N(c2ccc(-c3ccccc3)cc2)c2ccc(-n3c4c5c(ccc4c4ccc6c(c43)C(C)(C)c3ccccc3-6)Sc3ccccc3S5)cc2)cc1. The minimum Gasteiger partial charge on any atom is -0.311 e. The van der Waals surface area contributed by atoms with Crippen molar-refractivity contribution < 1.29 is 0 Å². The van der Waals surface area contributed by atoms with Gasteiger partial charge >= 0.3 is 0 Å². The number of allylic oxidation sites excluding steroid dienone is 4. The van der Waals surface area contributed by atoms with Gasteiger partial charge in [-0.2, -0.15) is 0 Å². The van der Waals surface area contributed by atoms with Gasteiger partial charge in [-0.15, -0.1) is 0 Å². The minimum absolute atomic E-state index is 0.187. The van der Waals surface area contributed by atoms with Crippen LogP contribution in [0.4, 0.5) is 17.1 Å². The molecule has 0 fully saturated rings. The van der Waals surface area contributed by atoms with Crippen LogP contribution in [0.5, 0.6) is 0 Å². The average molecular weight is 819 g/mol. The van der Waals surface area contributed by atoms with E-state index in [2.05, 4.69) is 212 Å². The highest BCUT2D eigenvalue weighted by Gasteiger charge is 2.39. The van der Waals surface area contributed by atoms with Crippen molar-refractivity contribution >= 4 is 68.0 Å². The van der Waals surface area contributed by atoms with Crippen LogP contribution in [-0.4, -0.2) is 4.57 Å². The van der Waals surface area contributed by atoms with Crippen molar-refractivity contribution in [1.82, 2.24) is 4.57 Å². The Kier molecular flexibility index (Phi) is 9.03. The Morgan fingerprint density at radius 2 is 1.13 bits per heavy atom. The molecule has 9 aromatic rings. The monoisotopic (exact) mass is 818 g/mol. The summed E-state index contributed by atoms with van der Waals surface area (Å²) in [6, 6.07) is 64.6. The lowest BCUT2D eigenvalue weighted by Crippen LogP contribution is -2.16. The molecule has 0 unspecified atom stereocenters. The maximum Gasteiger partial charge on any atom is 0.0692 e. The van der Waals surface area contributed by atoms with Crippen molar-refractivity contribution in [1.29, 1.82) is 0 Å². The van der Waals surface area contributed by atoms with E-state index in [-0.39, 0.29) is 5.41 Å². The van der Waals surface area contributed by atoms with E-state index in [0.29, 0.717) is 0 Å². The summed E-state index contributed by atoms with van der Waals surface area (Å²) in [5.41, 5.74) is 16.7. The summed E-state index contributed by atoms with van der Waals surface area (Å²) >= 11 is 3.78. The number of fused-ring (bicyclic) bond motifs is 10. The van der Waals surface area contributed by atoms with E-state index in [1.165, 1.54) is 74.8 Å². The van der Waals surface area contributed by atoms with Crippen LogP contribution in [0.3, 0.4) is 0 Å². The summed E-state index contributed by atoms with van der Waals surface area (Å²) in [5, 5.41) is 2.57. The number of benzene rings is 8. The van der Waals surface area contributed by atoms with Crippen molar-refractivity contribution in [3.63, 3.8) is 0 Å². The lowest BCUT2D eigenvalue weighted by molar-refractivity contribution is 0.664. The van der Waals surface area contributed by atoms with Crippen LogP contribution in [0, 0.1) is 0 Å². The lowest BCUT2D eigenvalue weighted by Gasteiger charge is -2.27. The van der Waals surface area contributed by atoms with Gasteiger partial charge in [0.1, 0.15) is 0 Å². The maximum absolute atomic E-state index is 4.05. The fourth-order valence-corrected chi connectivity index (χ4v) is 11.9. The highest BCUT2D eigenvalue weighted by molar-refractivity contribution is 8.05. The highest BCUT2D eigenvalue weighted by Crippen LogP contribution is 2.56. The van der Waals surface area contributed by atoms with E-state index in [1.54, 1.807) is 0 Å². The van der Waals surface area contributed by atoms with E-state index in [1.807, 2.05) is 41.8 Å². The molecular formula is C57H42N2S2. The van der Waals surface area contributed by atoms with Crippen molar-refractivity contribution in [2.45, 2.75) is 38.8 Å². The quantitative estimate of drug-likeness (QED) is 0.141. The zero-order valence-electron chi connectivity index (χ0n) is 34.1. The normalized spacial score (nSPS) is 13.6. The maximum atomic E-state index is 4.05. The third kappa shape index (κ3) is 6.04. The van der Waals surface area contributed by atoms with Crippen molar-refractivity contribution in [2.75, 3.05) is 4.90 Å². The van der Waals surface area contributed by atoms with Gasteiger partial charge in [-0.3, -0.25) is 0 Å². The summed E-state index contributed by atoms with van der Waals surface area (Å²) in [4.78, 5) is 7.58. The molecule has 1 aliphatic carbocycles. The molecule has 0 atom stereocenters. The molecule has 2 aliphatic rings. The summed E-state index contributed by atoms with van der Waals surface area (Å²) in [5.74, 6) is 0. The molecule has 11 rings (SSSR count). The molecule has 1 aliphatic heterocycles. The van der Waals surface area contributed by atoms with Gasteiger partial charge in [0, 0.05) is 53.6 Å². The predicted octanol–water partition coefficient (Wildman–Crippen LogP) is 16.6. The molecular weight excluding hydrogens is 777 g/mol. The Balaban J connectivity index is 1.11. The van der Waals surface area contributed by atoms with Gasteiger partial charge < -0.3 is 9.47 Å². The molecule has 0 saturated heterocycles. The Morgan fingerprint density at radius 1 is 0.541 bits per heavy atom. The number of anilines is 3. The zero-order valence-corrected chi connectivity index (χ0v) is 35.7. The number of rotatable bonds is 8. The summed E-state index contributed by atoms with van der Waals surface area (Å²) in [6.07, 6.45) is 5.69. The van der Waals surface area contributed by atoms with Gasteiger partial charge in [-0.05, 0) is 111 Å². The molecule has 0 saturated carbocycles. The van der Waals surface area contributed by atoms with Gasteiger partial charge in [-0.25, -0.2) is 0 Å². The molecule has 0 N–H and O–H groups in total. The summed E-state index contributed by atoms with van der Waals surface area (Å²) < 4.78 is 2.58. The van der Waals surface area contributed by atoms with E-state index in [9.17, 15) is 0 Å². The van der Waals surface area contributed by atoms with Crippen LogP contribution < -0.4 is 4.90 Å². The molecule has 0 spiro atoms. The van der Waals surface area contributed by atoms with Crippen LogP contribution in [0.25, 0.3) is 55.3 Å². The molecule has 8 aromatic carbocycles. The van der Waals surface area contributed by atoms with Crippen LogP contribution in [0.2, 0.25) is 0 Å². The van der Waals surface area contributed by atoms with Crippen LogP contribution in [0.15, 0.2) is 227 Å². The Morgan fingerprint density at radius 3 is 1.84 bits per heavy atom. The molecule has 0 bridgehead atoms. The second-order valence-corrected chi connectivity index (χ2v) is 18.3. The molecule has 4 heteroatoms. The first kappa shape index (κ1) is 37.3. The van der Waals surface area contributed by atoms with Crippen molar-refractivity contribution in [3.05, 3.63) is 224 Å². The summed E-state index contributed by atoms with van der Waals surface area (Å²) in [6.45, 7) is 12.8. The first-order valence-electron chi connectivity index (χ1n) is 20.7. The lowest BCUT2D eigenvalue weighted by atomic mass is 9.81. The van der Waals surface area contributed by atoms with Crippen LogP contribution in [0.1, 0.15) is 30.5 Å². The average Bonchev–Trinajstić information content (AvgIpc) is 3.77. The molecule has 0 amide bonds. The predicted molar refractivity (Wildman–Crippen MR) is 262 cm³/mol. The van der Waals surface area contributed by atoms with E-state index in [0.717, 1.165) is 33.9 Å². The second kappa shape index (κ2) is 14.8. The first-order chi connectivity index (χ1) is 29.9. The van der Waals surface area contributed by atoms with Gasteiger partial charge in [0.15, 0.2) is 0 Å². The first-order valence-corrected chi connectivity index (χ1v) is 22.4. The third-order valence-electron chi connectivity index (χ3n) is 12.4. The third-order valence-corrected chi connectivity index (χ3v) is 15.0. The van der Waals surface area contributed by atoms with Gasteiger partial charge in [0.05, 0.1) is 15.9 Å². The number of hydrogen-bond acceptors (Lipinski definition) is 3. The standard InChI is InChI=1S/C57H42N2S2/c1-5-14-37(6-2)39-21-25-41(26-22-39)58(42-27-23-40(24-28-42)38-15-8-7-9-16-38)43-29-31-44(32-30-43)59-54-47(34-33-46-45-17-10-11-18-49(45)57(3,4)53(46)54)48-35-36-52-56(55(48)59)61-51-20-13-12-19-50(51)60-52/h5-36H,1-2H2,3-4H3/b37-14+. The van der Waals surface area contributed by atoms with Crippen LogP contribution in [-0.2, 0) is 5.41 Å². The molecule has 292 valence electrons. The number of nitrogens with zero attached hydrogens (tertiary/aromatic N) is 2. The largest absolute Gasteiger partial charge is 0.311 e. The smallest absolute Gasteiger partial charge is 0.0692 e.